The zero-order valence-electron chi connectivity index (χ0n) is 25.3. The van der Waals surface area contributed by atoms with Gasteiger partial charge < -0.3 is 19.9 Å². The van der Waals surface area contributed by atoms with Crippen LogP contribution in [0.15, 0.2) is 88.7 Å². The van der Waals surface area contributed by atoms with E-state index in [0.29, 0.717) is 21.6 Å². The van der Waals surface area contributed by atoms with E-state index >= 15 is 0 Å². The van der Waals surface area contributed by atoms with Gasteiger partial charge in [0.2, 0.25) is 9.84 Å². The molecule has 0 aromatic heterocycles. The Morgan fingerprint density at radius 1 is 0.932 bits per heavy atom. The molecule has 0 bridgehead atoms. The van der Waals surface area contributed by atoms with Gasteiger partial charge in [-0.15, -0.1) is 0 Å². The summed E-state index contributed by atoms with van der Waals surface area (Å²) in [4.78, 5) is 17.6. The van der Waals surface area contributed by atoms with Gasteiger partial charge in [-0.05, 0) is 111 Å². The maximum absolute atomic E-state index is 14.4. The summed E-state index contributed by atoms with van der Waals surface area (Å²) in [5.41, 5.74) is 2.08. The van der Waals surface area contributed by atoms with E-state index in [-0.39, 0.29) is 23.8 Å². The second-order valence-corrected chi connectivity index (χ2v) is 14.5. The third-order valence-corrected chi connectivity index (χ3v) is 11.6. The van der Waals surface area contributed by atoms with Crippen LogP contribution in [-0.2, 0) is 14.6 Å². The highest BCUT2D eigenvalue weighted by atomic mass is 32.2. The summed E-state index contributed by atoms with van der Waals surface area (Å²) in [6, 6.07) is 22.8. The lowest BCUT2D eigenvalue weighted by molar-refractivity contribution is 0.0506. The Labute approximate surface area is 260 Å². The van der Waals surface area contributed by atoms with Crippen LogP contribution in [0.3, 0.4) is 0 Å². The highest BCUT2D eigenvalue weighted by molar-refractivity contribution is 7.91. The Bertz CT molecular complexity index is 1520. The number of likely N-dealkylation sites (tertiary alicyclic amines) is 1. The van der Waals surface area contributed by atoms with Crippen molar-refractivity contribution in [2.24, 2.45) is 17.8 Å². The predicted molar refractivity (Wildman–Crippen MR) is 169 cm³/mol. The fourth-order valence-corrected chi connectivity index (χ4v) is 8.90. The molecule has 3 aromatic carbocycles. The molecule has 0 radical (unpaired) electrons. The zero-order valence-corrected chi connectivity index (χ0v) is 26.1. The second-order valence-electron chi connectivity index (χ2n) is 12.6. The number of halogens is 1. The van der Waals surface area contributed by atoms with E-state index in [1.54, 1.807) is 55.6 Å². The molecule has 44 heavy (non-hydrogen) atoms. The molecule has 1 N–H and O–H groups in total. The van der Waals surface area contributed by atoms with Crippen molar-refractivity contribution in [1.82, 2.24) is 10.2 Å². The molecule has 1 unspecified atom stereocenters. The molecule has 2 saturated heterocycles. The molecule has 1 saturated carbocycles. The summed E-state index contributed by atoms with van der Waals surface area (Å²) < 4.78 is 46.0. The highest BCUT2D eigenvalue weighted by Crippen LogP contribution is 2.46. The Kier molecular flexibility index (Phi) is 9.23. The van der Waals surface area contributed by atoms with E-state index < -0.39 is 15.9 Å². The average Bonchev–Trinajstić information content (AvgIpc) is 3.47. The highest BCUT2D eigenvalue weighted by Gasteiger charge is 2.42. The maximum Gasteiger partial charge on any atom is 0.407 e. The van der Waals surface area contributed by atoms with Crippen molar-refractivity contribution in [3.63, 3.8) is 0 Å². The second kappa shape index (κ2) is 13.3. The molecule has 9 heteroatoms. The predicted octanol–water partition coefficient (Wildman–Crippen LogP) is 6.12. The molecule has 2 aliphatic heterocycles. The summed E-state index contributed by atoms with van der Waals surface area (Å²) in [6.07, 6.45) is 4.40. The van der Waals surface area contributed by atoms with Crippen LogP contribution in [-0.4, -0.2) is 65.3 Å². The number of hydrogen-bond donors (Lipinski definition) is 1. The van der Waals surface area contributed by atoms with Gasteiger partial charge in [0, 0.05) is 44.2 Å². The first-order chi connectivity index (χ1) is 21.3. The van der Waals surface area contributed by atoms with Crippen molar-refractivity contribution in [2.45, 2.75) is 53.9 Å². The minimum atomic E-state index is -3.51. The van der Waals surface area contributed by atoms with Crippen molar-refractivity contribution in [2.75, 3.05) is 44.7 Å². The van der Waals surface area contributed by atoms with E-state index in [0.717, 1.165) is 76.1 Å². The Balaban J connectivity index is 1.03. The SMILES string of the molecule is CNC(=O)O[C@H]1CCC[C@@H]1C(c1cccc(F)c1)C1CCN(CC2CN(c3ccc(S(=O)(=O)c4ccccc4)cc3)C2)CC1. The number of nitrogens with one attached hydrogen (secondary N) is 1. The smallest absolute Gasteiger partial charge is 0.407 e. The maximum atomic E-state index is 14.4. The third kappa shape index (κ3) is 6.64. The van der Waals surface area contributed by atoms with E-state index in [1.165, 1.54) is 6.07 Å². The summed E-state index contributed by atoms with van der Waals surface area (Å²) in [6.45, 7) is 4.97. The molecule has 3 fully saturated rings. The number of amides is 1. The average molecular weight is 620 g/mol. The zero-order chi connectivity index (χ0) is 30.7. The summed E-state index contributed by atoms with van der Waals surface area (Å²) in [5.74, 6) is 1.13. The molecule has 2 heterocycles. The van der Waals surface area contributed by atoms with Gasteiger partial charge in [-0.1, -0.05) is 30.3 Å². The number of nitrogens with zero attached hydrogens (tertiary/aromatic N) is 2. The van der Waals surface area contributed by atoms with Gasteiger partial charge in [0.15, 0.2) is 0 Å². The van der Waals surface area contributed by atoms with Crippen molar-refractivity contribution in [3.8, 4) is 0 Å². The summed E-state index contributed by atoms with van der Waals surface area (Å²) in [7, 11) is -1.93. The number of carbonyl (C=O) groups excluding carboxylic acids is 1. The van der Waals surface area contributed by atoms with Crippen LogP contribution in [0.25, 0.3) is 0 Å². The molecule has 1 aliphatic carbocycles. The number of carbonyl (C=O) groups is 1. The number of piperidine rings is 1. The molecular weight excluding hydrogens is 577 g/mol. The van der Waals surface area contributed by atoms with E-state index in [1.807, 2.05) is 24.3 Å². The monoisotopic (exact) mass is 619 g/mol. The Morgan fingerprint density at radius 3 is 2.32 bits per heavy atom. The number of benzene rings is 3. The fourth-order valence-electron chi connectivity index (χ4n) is 7.62. The van der Waals surface area contributed by atoms with Gasteiger partial charge in [-0.25, -0.2) is 17.6 Å². The number of anilines is 1. The Hall–Kier alpha value is -3.43. The van der Waals surface area contributed by atoms with Crippen LogP contribution >= 0.6 is 0 Å². The number of alkyl carbamates (subject to hydrolysis) is 1. The number of hydrogen-bond acceptors (Lipinski definition) is 6. The third-order valence-electron chi connectivity index (χ3n) is 9.84. The molecule has 3 atom stereocenters. The lowest BCUT2D eigenvalue weighted by atomic mass is 9.71. The molecule has 7 nitrogen and oxygen atoms in total. The van der Waals surface area contributed by atoms with Crippen molar-refractivity contribution in [1.29, 1.82) is 0 Å². The topological polar surface area (TPSA) is 79.0 Å². The molecule has 6 rings (SSSR count). The first-order valence-electron chi connectivity index (χ1n) is 15.8. The quantitative estimate of drug-likeness (QED) is 0.311. The largest absolute Gasteiger partial charge is 0.446 e. The number of sulfone groups is 1. The molecule has 3 aliphatic rings. The van der Waals surface area contributed by atoms with Crippen LogP contribution < -0.4 is 10.2 Å². The van der Waals surface area contributed by atoms with E-state index in [4.69, 9.17) is 4.74 Å². The van der Waals surface area contributed by atoms with E-state index in [9.17, 15) is 17.6 Å². The van der Waals surface area contributed by atoms with Gasteiger partial charge in [-0.3, -0.25) is 0 Å². The lowest BCUT2D eigenvalue weighted by Gasteiger charge is -2.45. The summed E-state index contributed by atoms with van der Waals surface area (Å²) >= 11 is 0. The van der Waals surface area contributed by atoms with Crippen molar-refractivity contribution >= 4 is 21.6 Å². The lowest BCUT2D eigenvalue weighted by Crippen LogP contribution is -2.52. The van der Waals surface area contributed by atoms with Crippen LogP contribution in [0.2, 0.25) is 0 Å². The van der Waals surface area contributed by atoms with Crippen LogP contribution in [0.1, 0.15) is 43.6 Å². The fraction of sp³-hybridized carbons (Fsp3) is 0.457. The standard InChI is InChI=1S/C35H42FN3O4S/c1-37-35(40)43-33-12-6-11-32(33)34(27-7-5-8-28(36)21-27)26-17-19-38(20-18-26)22-25-23-39(24-25)29-13-15-31(16-14-29)44(41,42)30-9-3-2-4-10-30/h2-5,7-10,13-16,21,25-26,32-34H,6,11-12,17-20,22-24H2,1H3,(H,37,40)/t32-,33-,34?/m0/s1. The molecular formula is C35H42FN3O4S. The molecule has 234 valence electrons. The first kappa shape index (κ1) is 30.6. The van der Waals surface area contributed by atoms with Crippen molar-refractivity contribution < 1.29 is 22.3 Å². The Morgan fingerprint density at radius 2 is 1.64 bits per heavy atom. The first-order valence-corrected chi connectivity index (χ1v) is 17.3. The van der Waals surface area contributed by atoms with Crippen LogP contribution in [0, 0.1) is 23.6 Å². The van der Waals surface area contributed by atoms with Gasteiger partial charge >= 0.3 is 6.09 Å². The van der Waals surface area contributed by atoms with Gasteiger partial charge in [-0.2, -0.15) is 0 Å². The number of ether oxygens (including phenoxy) is 1. The van der Waals surface area contributed by atoms with Crippen LogP contribution in [0.5, 0.6) is 0 Å². The minimum absolute atomic E-state index is 0.144. The van der Waals surface area contributed by atoms with Crippen molar-refractivity contribution in [3.05, 3.63) is 90.2 Å². The van der Waals surface area contributed by atoms with Gasteiger partial charge in [0.25, 0.3) is 0 Å². The molecule has 3 aromatic rings. The molecule has 1 amide bonds. The van der Waals surface area contributed by atoms with Gasteiger partial charge in [0.05, 0.1) is 9.79 Å². The normalized spacial score (nSPS) is 22.4. The summed E-state index contributed by atoms with van der Waals surface area (Å²) in [5, 5.41) is 2.59. The van der Waals surface area contributed by atoms with Crippen LogP contribution in [0.4, 0.5) is 14.9 Å². The van der Waals surface area contributed by atoms with E-state index in [2.05, 4.69) is 15.1 Å². The minimum Gasteiger partial charge on any atom is -0.446 e. The van der Waals surface area contributed by atoms with Gasteiger partial charge in [0.1, 0.15) is 11.9 Å². The molecule has 0 spiro atoms. The number of rotatable bonds is 9.